The molecule has 0 saturated heterocycles. The summed E-state index contributed by atoms with van der Waals surface area (Å²) in [6.45, 7) is 5.67. The van der Waals surface area contributed by atoms with Crippen LogP contribution in [0.1, 0.15) is 22.3 Å². The predicted molar refractivity (Wildman–Crippen MR) is 108 cm³/mol. The van der Waals surface area contributed by atoms with Gasteiger partial charge in [-0.15, -0.1) is 0 Å². The first kappa shape index (κ1) is 19.8. The first-order valence-electron chi connectivity index (χ1n) is 8.83. The van der Waals surface area contributed by atoms with Crippen molar-refractivity contribution < 1.29 is 14.3 Å². The summed E-state index contributed by atoms with van der Waals surface area (Å²) in [6, 6.07) is 10.9. The van der Waals surface area contributed by atoms with Crippen LogP contribution in [0.4, 0.5) is 0 Å². The number of rotatable bonds is 4. The molecule has 0 aliphatic rings. The Morgan fingerprint density at radius 1 is 1.21 bits per heavy atom. The molecule has 3 rings (SSSR count). The molecule has 0 radical (unpaired) electrons. The Balaban J connectivity index is 2.30. The Morgan fingerprint density at radius 2 is 1.97 bits per heavy atom. The van der Waals surface area contributed by atoms with E-state index in [9.17, 15) is 14.9 Å². The molecule has 0 unspecified atom stereocenters. The fourth-order valence-corrected chi connectivity index (χ4v) is 2.90. The molecule has 0 spiro atoms. The van der Waals surface area contributed by atoms with Gasteiger partial charge < -0.3 is 9.47 Å². The fraction of sp³-hybridized carbons (Fsp3) is 0.182. The van der Waals surface area contributed by atoms with E-state index in [-0.39, 0.29) is 17.0 Å². The molecule has 0 aliphatic carbocycles. The standard InChI is InChI=1S/C22H19N3O4/c1-13-7-8-18(15(3)10-13)29-20-17(11-16(12-23)22(27)28-4)21(26)25-9-5-6-14(2)19(25)24-20/h5-11H,1-4H3/b16-11+. The largest absolute Gasteiger partial charge is 0.465 e. The molecule has 0 saturated carbocycles. The van der Waals surface area contributed by atoms with E-state index in [0.29, 0.717) is 11.4 Å². The number of carbonyl (C=O) groups excluding carboxylic acids is 1. The van der Waals surface area contributed by atoms with Crippen molar-refractivity contribution in [2.24, 2.45) is 0 Å². The number of nitriles is 1. The van der Waals surface area contributed by atoms with Crippen molar-refractivity contribution in [1.82, 2.24) is 9.38 Å². The van der Waals surface area contributed by atoms with E-state index >= 15 is 0 Å². The maximum Gasteiger partial charge on any atom is 0.348 e. The molecule has 2 aromatic heterocycles. The lowest BCUT2D eigenvalue weighted by atomic mass is 10.1. The number of esters is 1. The van der Waals surface area contributed by atoms with Crippen LogP contribution in [0.5, 0.6) is 11.6 Å². The van der Waals surface area contributed by atoms with Gasteiger partial charge in [-0.25, -0.2) is 4.79 Å². The van der Waals surface area contributed by atoms with Gasteiger partial charge in [0.2, 0.25) is 5.88 Å². The molecule has 146 valence electrons. The molecule has 0 amide bonds. The van der Waals surface area contributed by atoms with Gasteiger partial charge in [0.15, 0.2) is 0 Å². The zero-order valence-corrected chi connectivity index (χ0v) is 16.5. The molecule has 0 bridgehead atoms. The molecule has 1 aromatic carbocycles. The number of ether oxygens (including phenoxy) is 2. The van der Waals surface area contributed by atoms with E-state index in [2.05, 4.69) is 9.72 Å². The lowest BCUT2D eigenvalue weighted by Gasteiger charge is -2.13. The number of methoxy groups -OCH3 is 1. The van der Waals surface area contributed by atoms with Crippen LogP contribution in [0.25, 0.3) is 11.7 Å². The Kier molecular flexibility index (Phi) is 5.46. The van der Waals surface area contributed by atoms with Crippen molar-refractivity contribution in [3.05, 3.63) is 74.7 Å². The van der Waals surface area contributed by atoms with Crippen LogP contribution in [0.15, 0.2) is 46.9 Å². The molecule has 0 atom stereocenters. The van der Waals surface area contributed by atoms with Gasteiger partial charge in [0.05, 0.1) is 7.11 Å². The van der Waals surface area contributed by atoms with E-state index in [1.54, 1.807) is 24.4 Å². The van der Waals surface area contributed by atoms with Gasteiger partial charge in [0, 0.05) is 6.20 Å². The number of hydrogen-bond donors (Lipinski definition) is 0. The van der Waals surface area contributed by atoms with Crippen LogP contribution in [-0.4, -0.2) is 22.5 Å². The zero-order valence-electron chi connectivity index (χ0n) is 16.5. The average Bonchev–Trinajstić information content (AvgIpc) is 2.70. The van der Waals surface area contributed by atoms with Gasteiger partial charge in [-0.1, -0.05) is 23.8 Å². The molecule has 0 aliphatic heterocycles. The zero-order chi connectivity index (χ0) is 21.1. The maximum absolute atomic E-state index is 13.1. The van der Waals surface area contributed by atoms with Crippen LogP contribution < -0.4 is 10.3 Å². The van der Waals surface area contributed by atoms with Gasteiger partial charge >= 0.3 is 5.97 Å². The first-order valence-corrected chi connectivity index (χ1v) is 8.83. The molecule has 7 nitrogen and oxygen atoms in total. The minimum absolute atomic E-state index is 0.00732. The molecule has 29 heavy (non-hydrogen) atoms. The highest BCUT2D eigenvalue weighted by Crippen LogP contribution is 2.28. The summed E-state index contributed by atoms with van der Waals surface area (Å²) in [7, 11) is 1.16. The number of fused-ring (bicyclic) bond motifs is 1. The number of carbonyl (C=O) groups is 1. The Hall–Kier alpha value is -3.92. The summed E-state index contributed by atoms with van der Waals surface area (Å²) >= 11 is 0. The molecule has 3 aromatic rings. The number of hydrogen-bond acceptors (Lipinski definition) is 6. The van der Waals surface area contributed by atoms with Crippen molar-refractivity contribution in [3.8, 4) is 17.7 Å². The smallest absolute Gasteiger partial charge is 0.348 e. The third-order valence-electron chi connectivity index (χ3n) is 4.40. The molecule has 0 fully saturated rings. The van der Waals surface area contributed by atoms with E-state index < -0.39 is 11.5 Å². The number of aryl methyl sites for hydroxylation is 3. The van der Waals surface area contributed by atoms with Crippen molar-refractivity contribution in [3.63, 3.8) is 0 Å². The quantitative estimate of drug-likeness (QED) is 0.385. The fourth-order valence-electron chi connectivity index (χ4n) is 2.90. The summed E-state index contributed by atoms with van der Waals surface area (Å²) in [5.74, 6) is -0.321. The third kappa shape index (κ3) is 3.87. The second-order valence-electron chi connectivity index (χ2n) is 6.55. The van der Waals surface area contributed by atoms with Gasteiger partial charge in [0.25, 0.3) is 5.56 Å². The minimum atomic E-state index is -0.848. The van der Waals surface area contributed by atoms with E-state index in [0.717, 1.165) is 29.9 Å². The van der Waals surface area contributed by atoms with Crippen molar-refractivity contribution >= 4 is 17.7 Å². The Labute approximate surface area is 167 Å². The van der Waals surface area contributed by atoms with E-state index in [1.807, 2.05) is 39.0 Å². The second-order valence-corrected chi connectivity index (χ2v) is 6.55. The highest BCUT2D eigenvalue weighted by atomic mass is 16.5. The number of aromatic nitrogens is 2. The lowest BCUT2D eigenvalue weighted by molar-refractivity contribution is -0.135. The van der Waals surface area contributed by atoms with Crippen molar-refractivity contribution in [2.45, 2.75) is 20.8 Å². The normalized spacial score (nSPS) is 11.2. The van der Waals surface area contributed by atoms with Gasteiger partial charge in [0.1, 0.15) is 28.6 Å². The van der Waals surface area contributed by atoms with E-state index in [4.69, 9.17) is 4.74 Å². The highest BCUT2D eigenvalue weighted by Gasteiger charge is 2.18. The summed E-state index contributed by atoms with van der Waals surface area (Å²) in [5, 5.41) is 9.30. The van der Waals surface area contributed by atoms with Crippen LogP contribution in [0.3, 0.4) is 0 Å². The van der Waals surface area contributed by atoms with Crippen LogP contribution in [-0.2, 0) is 9.53 Å². The number of benzene rings is 1. The minimum Gasteiger partial charge on any atom is -0.465 e. The average molecular weight is 389 g/mol. The predicted octanol–water partition coefficient (Wildman–Crippen LogP) is 3.49. The molecular weight excluding hydrogens is 370 g/mol. The third-order valence-corrected chi connectivity index (χ3v) is 4.40. The van der Waals surface area contributed by atoms with Crippen LogP contribution in [0.2, 0.25) is 0 Å². The summed E-state index contributed by atoms with van der Waals surface area (Å²) in [5.41, 5.74) is 2.31. The van der Waals surface area contributed by atoms with Crippen molar-refractivity contribution in [2.75, 3.05) is 7.11 Å². The van der Waals surface area contributed by atoms with Crippen LogP contribution in [0, 0.1) is 32.1 Å². The highest BCUT2D eigenvalue weighted by molar-refractivity contribution is 5.98. The Bertz CT molecular complexity index is 1250. The van der Waals surface area contributed by atoms with Gasteiger partial charge in [-0.3, -0.25) is 9.20 Å². The molecular formula is C22H19N3O4. The van der Waals surface area contributed by atoms with Crippen LogP contribution >= 0.6 is 0 Å². The summed E-state index contributed by atoms with van der Waals surface area (Å²) in [6.07, 6.45) is 2.72. The van der Waals surface area contributed by atoms with Gasteiger partial charge in [-0.05, 0) is 50.1 Å². The maximum atomic E-state index is 13.1. The Morgan fingerprint density at radius 3 is 2.62 bits per heavy atom. The number of nitrogens with zero attached hydrogens (tertiary/aromatic N) is 3. The SMILES string of the molecule is COC(=O)/C(C#N)=C/c1c(Oc2ccc(C)cc2C)nc2c(C)cccn2c1=O. The lowest BCUT2D eigenvalue weighted by Crippen LogP contribution is -2.20. The van der Waals surface area contributed by atoms with Crippen molar-refractivity contribution in [1.29, 1.82) is 5.26 Å². The topological polar surface area (TPSA) is 93.7 Å². The van der Waals surface area contributed by atoms with E-state index in [1.165, 1.54) is 4.40 Å². The first-order chi connectivity index (χ1) is 13.8. The molecule has 7 heteroatoms. The summed E-state index contributed by atoms with van der Waals surface area (Å²) < 4.78 is 11.9. The van der Waals surface area contributed by atoms with Gasteiger partial charge in [-0.2, -0.15) is 10.2 Å². The molecule has 0 N–H and O–H groups in total. The number of pyridine rings is 1. The monoisotopic (exact) mass is 389 g/mol. The second kappa shape index (κ2) is 7.98. The molecule has 2 heterocycles. The summed E-state index contributed by atoms with van der Waals surface area (Å²) in [4.78, 5) is 29.5.